The normalized spacial score (nSPS) is 9.59. The van der Waals surface area contributed by atoms with Crippen molar-refractivity contribution in [1.82, 2.24) is 0 Å². The van der Waals surface area contributed by atoms with E-state index in [4.69, 9.17) is 43.1 Å². The van der Waals surface area contributed by atoms with Crippen LogP contribution in [0, 0.1) is 13.8 Å². The van der Waals surface area contributed by atoms with Gasteiger partial charge in [-0.1, -0.05) is 0 Å². The molecule has 0 saturated carbocycles. The lowest BCUT2D eigenvalue weighted by Crippen LogP contribution is -2.03. The van der Waals surface area contributed by atoms with Crippen LogP contribution in [0.2, 0.25) is 0 Å². The summed E-state index contributed by atoms with van der Waals surface area (Å²) in [4.78, 5) is 21.6. The molecule has 0 unspecified atom stereocenters. The number of carboxylic acid groups (broad SMARTS) is 1. The minimum atomic E-state index is -4.67. The summed E-state index contributed by atoms with van der Waals surface area (Å²) < 4.78 is 36.1. The molecule has 0 fully saturated rings. The van der Waals surface area contributed by atoms with Crippen LogP contribution in [0.25, 0.3) is 0 Å². The van der Waals surface area contributed by atoms with Crippen LogP contribution in [-0.4, -0.2) is 74.3 Å². The predicted octanol–water partition coefficient (Wildman–Crippen LogP) is 1.25. The summed E-state index contributed by atoms with van der Waals surface area (Å²) in [5.74, 6) is -2.88. The Morgan fingerprint density at radius 2 is 1.09 bits per heavy atom. The van der Waals surface area contributed by atoms with Crippen molar-refractivity contribution in [2.45, 2.75) is 13.8 Å². The minimum Gasteiger partial charge on any atom is -0.504 e. The van der Waals surface area contributed by atoms with E-state index >= 15 is 0 Å². The lowest BCUT2D eigenvalue weighted by atomic mass is 10.1. The fourth-order valence-corrected chi connectivity index (χ4v) is 1.93. The number of methoxy groups -OCH3 is 1. The summed E-state index contributed by atoms with van der Waals surface area (Å²) in [5.41, 5.74) is 0.720. The van der Waals surface area contributed by atoms with Gasteiger partial charge in [0.25, 0.3) is 0 Å². The third kappa shape index (κ3) is 10.4. The first-order chi connectivity index (χ1) is 14.6. The maximum absolute atomic E-state index is 11.1. The average Bonchev–Trinajstić information content (AvgIpc) is 2.70. The number of aliphatic hydroxyl groups excluding tert-OH is 1. The average molecular weight is 480 g/mol. The van der Waals surface area contributed by atoms with Crippen LogP contribution in [0.15, 0.2) is 24.3 Å². The summed E-state index contributed by atoms with van der Waals surface area (Å²) in [5, 5.41) is 52.0. The van der Waals surface area contributed by atoms with Crippen molar-refractivity contribution >= 4 is 22.3 Å². The summed E-state index contributed by atoms with van der Waals surface area (Å²) in [6, 6.07) is 5.03. The summed E-state index contributed by atoms with van der Waals surface area (Å²) in [7, 11) is -2.41. The number of benzene rings is 2. The molecule has 0 radical (unpaired) electrons. The molecular formula is C18H24O13S. The zero-order valence-corrected chi connectivity index (χ0v) is 18.2. The Labute approximate surface area is 183 Å². The molecule has 2 rings (SSSR count). The number of aromatic carboxylic acids is 1. The maximum atomic E-state index is 11.1. The highest BCUT2D eigenvalue weighted by molar-refractivity contribution is 7.79. The molecule has 13 nitrogen and oxygen atoms in total. The molecule has 8 N–H and O–H groups in total. The van der Waals surface area contributed by atoms with Crippen molar-refractivity contribution < 1.29 is 62.5 Å². The van der Waals surface area contributed by atoms with Crippen LogP contribution in [0.5, 0.6) is 23.0 Å². The molecule has 0 aliphatic carbocycles. The van der Waals surface area contributed by atoms with Crippen LogP contribution < -0.4 is 0 Å². The van der Waals surface area contributed by atoms with Crippen LogP contribution in [-0.2, 0) is 15.1 Å². The Balaban J connectivity index is 0. The van der Waals surface area contributed by atoms with Gasteiger partial charge >= 0.3 is 22.3 Å². The first-order valence-electron chi connectivity index (χ1n) is 8.11. The van der Waals surface area contributed by atoms with Gasteiger partial charge in [0.1, 0.15) is 0 Å². The van der Waals surface area contributed by atoms with Crippen molar-refractivity contribution in [3.05, 3.63) is 46.5 Å². The SMILES string of the molecule is CO.COC(=O)c1ccc(O)c(O)c1C.Cc1c(C(=O)O)ccc(O)c1O.O=S(=O)(O)O. The van der Waals surface area contributed by atoms with E-state index in [1.807, 2.05) is 0 Å². The number of hydrogen-bond acceptors (Lipinski definition) is 10. The van der Waals surface area contributed by atoms with E-state index in [9.17, 15) is 14.7 Å². The first kappa shape index (κ1) is 30.6. The molecule has 180 valence electrons. The van der Waals surface area contributed by atoms with Crippen molar-refractivity contribution in [2.75, 3.05) is 14.2 Å². The van der Waals surface area contributed by atoms with Gasteiger partial charge in [0.2, 0.25) is 0 Å². The number of aromatic hydroxyl groups is 4. The topological polar surface area (TPSA) is 239 Å². The molecule has 2 aromatic carbocycles. The van der Waals surface area contributed by atoms with Crippen molar-refractivity contribution in [2.24, 2.45) is 0 Å². The number of phenols is 4. The Hall–Kier alpha value is -3.59. The van der Waals surface area contributed by atoms with Crippen LogP contribution in [0.1, 0.15) is 31.8 Å². The standard InChI is InChI=1S/C9H10O4.C8H8O4.CH4O.H2O4S/c1-5-6(9(12)13-2)3-4-7(10)8(5)11;1-4-5(8(11)12)2-3-6(9)7(4)10;1-2;1-5(2,3)4/h3-4,10-11H,1-2H3;2-3,9-10H,1H3,(H,11,12);2H,1H3;(H2,1,2,3,4). The molecule has 2 aromatic rings. The van der Waals surface area contributed by atoms with Gasteiger partial charge in [0.15, 0.2) is 23.0 Å². The zero-order chi connectivity index (χ0) is 25.8. The molecule has 32 heavy (non-hydrogen) atoms. The third-order valence-electron chi connectivity index (χ3n) is 3.46. The molecule has 0 aliphatic rings. The number of ether oxygens (including phenoxy) is 1. The molecular weight excluding hydrogens is 456 g/mol. The Kier molecular flexibility index (Phi) is 13.1. The van der Waals surface area contributed by atoms with E-state index in [0.717, 1.165) is 13.2 Å². The zero-order valence-electron chi connectivity index (χ0n) is 17.3. The predicted molar refractivity (Wildman–Crippen MR) is 110 cm³/mol. The van der Waals surface area contributed by atoms with Crippen LogP contribution >= 0.6 is 0 Å². The third-order valence-corrected chi connectivity index (χ3v) is 3.46. The van der Waals surface area contributed by atoms with Crippen LogP contribution in [0.3, 0.4) is 0 Å². The number of hydrogen-bond donors (Lipinski definition) is 8. The van der Waals surface area contributed by atoms with Gasteiger partial charge in [-0.3, -0.25) is 9.11 Å². The summed E-state index contributed by atoms with van der Waals surface area (Å²) in [6.07, 6.45) is 0. The van der Waals surface area contributed by atoms with Crippen molar-refractivity contribution in [3.8, 4) is 23.0 Å². The van der Waals surface area contributed by atoms with E-state index < -0.39 is 22.3 Å². The van der Waals surface area contributed by atoms with Gasteiger partial charge in [-0.15, -0.1) is 0 Å². The number of rotatable bonds is 2. The smallest absolute Gasteiger partial charge is 0.394 e. The minimum absolute atomic E-state index is 0.00898. The second-order valence-electron chi connectivity index (χ2n) is 5.46. The van der Waals surface area contributed by atoms with E-state index in [1.54, 1.807) is 0 Å². The number of esters is 1. The van der Waals surface area contributed by atoms with Gasteiger partial charge in [-0.25, -0.2) is 9.59 Å². The van der Waals surface area contributed by atoms with Gasteiger partial charge < -0.3 is 35.4 Å². The Bertz CT molecular complexity index is 1020. The van der Waals surface area contributed by atoms with Gasteiger partial charge in [-0.2, -0.15) is 8.42 Å². The lowest BCUT2D eigenvalue weighted by molar-refractivity contribution is 0.0598. The van der Waals surface area contributed by atoms with Gasteiger partial charge in [-0.05, 0) is 38.1 Å². The van der Waals surface area contributed by atoms with Gasteiger partial charge in [0, 0.05) is 18.2 Å². The first-order valence-corrected chi connectivity index (χ1v) is 9.50. The highest BCUT2D eigenvalue weighted by Gasteiger charge is 2.14. The van der Waals surface area contributed by atoms with E-state index in [1.165, 1.54) is 39.2 Å². The largest absolute Gasteiger partial charge is 0.504 e. The second kappa shape index (κ2) is 13.7. The number of aliphatic hydroxyl groups is 1. The molecule has 0 heterocycles. The summed E-state index contributed by atoms with van der Waals surface area (Å²) in [6.45, 7) is 2.96. The van der Waals surface area contributed by atoms with Crippen molar-refractivity contribution in [1.29, 1.82) is 0 Å². The Morgan fingerprint density at radius 1 is 0.781 bits per heavy atom. The number of carbonyl (C=O) groups excluding carboxylic acids is 1. The number of carboxylic acids is 1. The second-order valence-corrected chi connectivity index (χ2v) is 6.35. The highest BCUT2D eigenvalue weighted by Crippen LogP contribution is 2.31. The molecule has 0 atom stereocenters. The Morgan fingerprint density at radius 3 is 1.41 bits per heavy atom. The number of phenolic OH excluding ortho intramolecular Hbond substituents is 4. The fraction of sp³-hybridized carbons (Fsp3) is 0.222. The van der Waals surface area contributed by atoms with E-state index in [-0.39, 0.29) is 39.7 Å². The molecule has 0 aromatic heterocycles. The molecule has 0 amide bonds. The molecule has 0 bridgehead atoms. The van der Waals surface area contributed by atoms with E-state index in [0.29, 0.717) is 5.56 Å². The lowest BCUT2D eigenvalue weighted by Gasteiger charge is -2.06. The fourth-order valence-electron chi connectivity index (χ4n) is 1.93. The highest BCUT2D eigenvalue weighted by atomic mass is 32.3. The van der Waals surface area contributed by atoms with E-state index in [2.05, 4.69) is 4.74 Å². The maximum Gasteiger partial charge on any atom is 0.394 e. The molecule has 0 aliphatic heterocycles. The molecule has 0 spiro atoms. The number of carbonyl (C=O) groups is 2. The molecule has 14 heteroatoms. The van der Waals surface area contributed by atoms with Crippen LogP contribution in [0.4, 0.5) is 0 Å². The molecule has 0 saturated heterocycles. The quantitative estimate of drug-likeness (QED) is 0.172. The monoisotopic (exact) mass is 480 g/mol. The van der Waals surface area contributed by atoms with Gasteiger partial charge in [0.05, 0.1) is 18.2 Å². The van der Waals surface area contributed by atoms with Crippen molar-refractivity contribution in [3.63, 3.8) is 0 Å². The summed E-state index contributed by atoms with van der Waals surface area (Å²) >= 11 is 0.